The van der Waals surface area contributed by atoms with Gasteiger partial charge in [-0.25, -0.2) is 4.90 Å². The van der Waals surface area contributed by atoms with Crippen molar-refractivity contribution in [2.24, 2.45) is 51.8 Å². The molecule has 0 radical (unpaired) electrons. The van der Waals surface area contributed by atoms with Crippen molar-refractivity contribution < 1.29 is 24.6 Å². The molecule has 2 amide bonds. The molecule has 8 atom stereocenters. The van der Waals surface area contributed by atoms with Gasteiger partial charge in [0.05, 0.1) is 22.9 Å². The Morgan fingerprint density at radius 2 is 1.83 bits per heavy atom. The van der Waals surface area contributed by atoms with Crippen LogP contribution in [0.3, 0.4) is 0 Å². The quantitative estimate of drug-likeness (QED) is 0.436. The molecule has 1 saturated heterocycles. The zero-order valence-corrected chi connectivity index (χ0v) is 21.7. The second kappa shape index (κ2) is 7.45. The van der Waals surface area contributed by atoms with Crippen molar-refractivity contribution in [2.45, 2.75) is 66.2 Å². The molecule has 4 fully saturated rings. The molecule has 6 nitrogen and oxygen atoms in total. The van der Waals surface area contributed by atoms with E-state index >= 15 is 0 Å². The van der Waals surface area contributed by atoms with Crippen LogP contribution in [-0.4, -0.2) is 28.0 Å². The Balaban J connectivity index is 1.50. The lowest BCUT2D eigenvalue weighted by atomic mass is 9.34. The van der Waals surface area contributed by atoms with Crippen molar-refractivity contribution in [1.29, 1.82) is 0 Å². The van der Waals surface area contributed by atoms with Crippen molar-refractivity contribution >= 4 is 23.5 Å². The van der Waals surface area contributed by atoms with Gasteiger partial charge in [-0.1, -0.05) is 44.9 Å². The first kappa shape index (κ1) is 23.7. The van der Waals surface area contributed by atoms with Crippen molar-refractivity contribution in [3.05, 3.63) is 35.9 Å². The van der Waals surface area contributed by atoms with Gasteiger partial charge in [-0.15, -0.1) is 0 Å². The van der Waals surface area contributed by atoms with Crippen LogP contribution in [0.4, 0.5) is 5.69 Å². The molecular weight excluding hydrogens is 454 g/mol. The lowest BCUT2D eigenvalue weighted by Crippen LogP contribution is -2.65. The average Bonchev–Trinajstić information content (AvgIpc) is 3.10. The van der Waals surface area contributed by atoms with Gasteiger partial charge >= 0.3 is 5.97 Å². The number of carbonyl (C=O) groups excluding carboxylic acids is 2. The van der Waals surface area contributed by atoms with Gasteiger partial charge in [0.25, 0.3) is 0 Å². The molecule has 5 aliphatic carbocycles. The Bertz CT molecular complexity index is 1200. The summed E-state index contributed by atoms with van der Waals surface area (Å²) in [6, 6.07) is 6.43. The minimum atomic E-state index is -0.752. The summed E-state index contributed by atoms with van der Waals surface area (Å²) in [5, 5.41) is 20.3. The lowest BCUT2D eigenvalue weighted by Gasteiger charge is -2.68. The Kier molecular flexibility index (Phi) is 4.92. The first-order chi connectivity index (χ1) is 17.0. The van der Waals surface area contributed by atoms with E-state index in [4.69, 9.17) is 0 Å². The van der Waals surface area contributed by atoms with Gasteiger partial charge < -0.3 is 10.2 Å². The first-order valence-corrected chi connectivity index (χ1v) is 13.6. The van der Waals surface area contributed by atoms with Crippen LogP contribution in [0, 0.1) is 51.8 Å². The van der Waals surface area contributed by atoms with Gasteiger partial charge in [0.1, 0.15) is 5.75 Å². The number of carboxylic acid groups (broad SMARTS) is 1. The van der Waals surface area contributed by atoms with E-state index in [0.29, 0.717) is 12.1 Å². The number of aromatic hydroxyl groups is 1. The Morgan fingerprint density at radius 1 is 1.08 bits per heavy atom. The molecule has 2 bridgehead atoms. The molecule has 36 heavy (non-hydrogen) atoms. The maximum absolute atomic E-state index is 14.2. The highest BCUT2D eigenvalue weighted by atomic mass is 16.4. The predicted molar refractivity (Wildman–Crippen MR) is 135 cm³/mol. The van der Waals surface area contributed by atoms with Crippen molar-refractivity contribution in [1.82, 2.24) is 0 Å². The van der Waals surface area contributed by atoms with E-state index in [9.17, 15) is 24.6 Å². The minimum Gasteiger partial charge on any atom is -0.508 e. The predicted octanol–water partition coefficient (Wildman–Crippen LogP) is 5.41. The highest BCUT2D eigenvalue weighted by Gasteiger charge is 2.73. The monoisotopic (exact) mass is 491 g/mol. The fraction of sp³-hybridized carbons (Fsp3) is 0.633. The van der Waals surface area contributed by atoms with Gasteiger partial charge in [0.2, 0.25) is 11.8 Å². The number of hydrogen-bond donors (Lipinski definition) is 2. The Morgan fingerprint density at radius 3 is 2.50 bits per heavy atom. The van der Waals surface area contributed by atoms with Gasteiger partial charge in [-0.3, -0.25) is 14.4 Å². The number of phenols is 1. The molecule has 6 aliphatic rings. The fourth-order valence-electron chi connectivity index (χ4n) is 9.84. The molecule has 0 aromatic heterocycles. The molecule has 1 aromatic rings. The van der Waals surface area contributed by atoms with Crippen molar-refractivity contribution in [3.8, 4) is 5.75 Å². The second-order valence-corrected chi connectivity index (χ2v) is 13.0. The standard InChI is InChI=1S/C30H37NO5/c1-16(2)20-15-30-12-9-21-28(3,10-6-11-29(21,4)27(35)36)22(30)14-19(20)23-24(30)26(34)31(25(23)33)17-7-5-8-18(32)13-17/h5,7-8,13,15-16,19,21-24,32H,6,9-12,14H2,1-4H3,(H,35,36)/t19-,21+,22-,23+,24+,28-,29+,30+/m0/s1. The van der Waals surface area contributed by atoms with E-state index in [0.717, 1.165) is 32.1 Å². The summed E-state index contributed by atoms with van der Waals surface area (Å²) in [6.07, 6.45) is 7.30. The van der Waals surface area contributed by atoms with Crippen LogP contribution in [0.1, 0.15) is 66.2 Å². The fourth-order valence-corrected chi connectivity index (χ4v) is 9.84. The van der Waals surface area contributed by atoms with Gasteiger partial charge in [-0.05, 0) is 80.2 Å². The van der Waals surface area contributed by atoms with E-state index in [1.807, 2.05) is 6.92 Å². The average molecular weight is 492 g/mol. The van der Waals surface area contributed by atoms with E-state index in [1.165, 1.54) is 16.5 Å². The number of carbonyl (C=O) groups is 3. The van der Waals surface area contributed by atoms with Crippen LogP contribution in [-0.2, 0) is 14.4 Å². The number of amides is 2. The molecule has 3 saturated carbocycles. The van der Waals surface area contributed by atoms with Gasteiger partial charge in [0, 0.05) is 11.5 Å². The summed E-state index contributed by atoms with van der Waals surface area (Å²) in [4.78, 5) is 42.0. The maximum Gasteiger partial charge on any atom is 0.309 e. The van der Waals surface area contributed by atoms with Crippen LogP contribution < -0.4 is 4.90 Å². The second-order valence-electron chi connectivity index (χ2n) is 13.0. The molecule has 0 unspecified atom stereocenters. The largest absolute Gasteiger partial charge is 0.508 e. The number of allylic oxidation sites excluding steroid dienone is 2. The van der Waals surface area contributed by atoms with Crippen molar-refractivity contribution in [2.75, 3.05) is 4.90 Å². The van der Waals surface area contributed by atoms with Gasteiger partial charge in [-0.2, -0.15) is 0 Å². The highest BCUT2D eigenvalue weighted by molar-refractivity contribution is 6.23. The third kappa shape index (κ3) is 2.76. The summed E-state index contributed by atoms with van der Waals surface area (Å²) >= 11 is 0. The molecule has 1 aliphatic heterocycles. The van der Waals surface area contributed by atoms with Crippen molar-refractivity contribution in [3.63, 3.8) is 0 Å². The number of aliphatic carboxylic acids is 1. The number of imide groups is 1. The molecule has 1 aromatic carbocycles. The summed E-state index contributed by atoms with van der Waals surface area (Å²) in [7, 11) is 0. The van der Waals surface area contributed by atoms with Crippen LogP contribution >= 0.6 is 0 Å². The van der Waals surface area contributed by atoms with E-state index in [2.05, 4.69) is 26.8 Å². The Labute approximate surface area is 212 Å². The van der Waals surface area contributed by atoms with Crippen LogP contribution in [0.5, 0.6) is 5.75 Å². The number of hydrogen-bond acceptors (Lipinski definition) is 4. The van der Waals surface area contributed by atoms with Crippen LogP contribution in [0.15, 0.2) is 35.9 Å². The van der Waals surface area contributed by atoms with Crippen LogP contribution in [0.2, 0.25) is 0 Å². The minimum absolute atomic E-state index is 0.00535. The molecule has 1 spiro atoms. The number of rotatable bonds is 3. The SMILES string of the molecule is CC(C)C1=C[C@]23CC[C@@H]4[C@](C)(CCC[C@@]4(C)C(=O)O)[C@@H]2C[C@@H]1[C@H]1C(=O)N(c2cccc(O)c2)C(=O)[C@@H]13. The number of anilines is 1. The summed E-state index contributed by atoms with van der Waals surface area (Å²) in [5.41, 5.74) is 0.366. The highest BCUT2D eigenvalue weighted by Crippen LogP contribution is 2.74. The Hall–Kier alpha value is -2.63. The zero-order chi connectivity index (χ0) is 25.8. The first-order valence-electron chi connectivity index (χ1n) is 13.6. The number of nitrogens with zero attached hydrogens (tertiary/aromatic N) is 1. The summed E-state index contributed by atoms with van der Waals surface area (Å²) in [5.74, 6) is -1.24. The maximum atomic E-state index is 14.2. The normalized spacial score (nSPS) is 43.2. The lowest BCUT2D eigenvalue weighted by molar-refractivity contribution is -0.194. The van der Waals surface area contributed by atoms with Gasteiger partial charge in [0.15, 0.2) is 0 Å². The third-order valence-electron chi connectivity index (χ3n) is 11.2. The third-order valence-corrected chi connectivity index (χ3v) is 11.2. The molecule has 6 heteroatoms. The number of benzene rings is 1. The van der Waals surface area contributed by atoms with E-state index < -0.39 is 22.7 Å². The summed E-state index contributed by atoms with van der Waals surface area (Å²) < 4.78 is 0. The number of phenolic OH excluding ortho intramolecular Hbond substituents is 1. The number of fused-ring (bicyclic) bond motifs is 1. The summed E-state index contributed by atoms with van der Waals surface area (Å²) in [6.45, 7) is 8.58. The van der Waals surface area contributed by atoms with E-state index in [1.54, 1.807) is 18.2 Å². The molecular formula is C30H37NO5. The molecule has 1 heterocycles. The molecule has 7 rings (SSSR count). The topological polar surface area (TPSA) is 94.9 Å². The number of carboxylic acids is 1. The van der Waals surface area contributed by atoms with Crippen LogP contribution in [0.25, 0.3) is 0 Å². The molecule has 192 valence electrons. The molecule has 2 N–H and O–H groups in total. The zero-order valence-electron chi connectivity index (χ0n) is 21.7. The van der Waals surface area contributed by atoms with E-state index in [-0.39, 0.29) is 52.6 Å². The smallest absolute Gasteiger partial charge is 0.309 e.